The Morgan fingerprint density at radius 3 is 2.33 bits per heavy atom. The zero-order valence-electron chi connectivity index (χ0n) is 16.8. The molecule has 1 aliphatic heterocycles. The number of aryl methyl sites for hydroxylation is 1. The van der Waals surface area contributed by atoms with Gasteiger partial charge in [-0.1, -0.05) is 60.7 Å². The molecule has 0 saturated carbocycles. The van der Waals surface area contributed by atoms with E-state index in [1.165, 1.54) is 16.9 Å². The Labute approximate surface area is 180 Å². The van der Waals surface area contributed by atoms with E-state index in [1.807, 2.05) is 48.5 Å². The third-order valence-electron chi connectivity index (χ3n) is 5.37. The van der Waals surface area contributed by atoms with Gasteiger partial charge in [0.25, 0.3) is 5.91 Å². The molecule has 5 nitrogen and oxygen atoms in total. The fourth-order valence-electron chi connectivity index (χ4n) is 3.87. The first-order valence-electron chi connectivity index (χ1n) is 10.1. The summed E-state index contributed by atoms with van der Waals surface area (Å²) in [6.07, 6.45) is 1.79. The number of hydrogen-bond donors (Lipinski definition) is 2. The number of rotatable bonds is 7. The number of nitrogens with two attached hydrogens (primary N) is 1. The van der Waals surface area contributed by atoms with E-state index in [1.54, 1.807) is 0 Å². The van der Waals surface area contributed by atoms with Gasteiger partial charge in [-0.2, -0.15) is 0 Å². The molecule has 3 aromatic rings. The number of nitrogens with one attached hydrogen (secondary N) is 1. The van der Waals surface area contributed by atoms with Crippen molar-refractivity contribution < 1.29 is 9.59 Å². The highest BCUT2D eigenvalue weighted by Gasteiger charge is 2.27. The first kappa shape index (κ1) is 20.3. The Morgan fingerprint density at radius 2 is 1.67 bits per heavy atom. The van der Waals surface area contributed by atoms with Crippen molar-refractivity contribution in [3.8, 4) is 0 Å². The van der Waals surface area contributed by atoms with E-state index in [9.17, 15) is 9.59 Å². The van der Waals surface area contributed by atoms with Crippen LogP contribution >= 0.6 is 11.3 Å². The second kappa shape index (κ2) is 9.24. The number of carbonyl (C=O) groups is 2. The number of amides is 2. The summed E-state index contributed by atoms with van der Waals surface area (Å²) in [6, 6.07) is 20.3. The van der Waals surface area contributed by atoms with E-state index in [-0.39, 0.29) is 5.91 Å². The molecular formula is C24H25N3O2S. The van der Waals surface area contributed by atoms with Crippen molar-refractivity contribution in [2.24, 2.45) is 5.73 Å². The lowest BCUT2D eigenvalue weighted by molar-refractivity contribution is -0.116. The van der Waals surface area contributed by atoms with E-state index in [0.29, 0.717) is 23.4 Å². The van der Waals surface area contributed by atoms with Crippen molar-refractivity contribution >= 4 is 28.2 Å². The van der Waals surface area contributed by atoms with Crippen LogP contribution < -0.4 is 11.1 Å². The number of fused-ring (bicyclic) bond motifs is 1. The summed E-state index contributed by atoms with van der Waals surface area (Å²) < 4.78 is 0. The van der Waals surface area contributed by atoms with Crippen LogP contribution in [0.15, 0.2) is 60.7 Å². The Hall–Kier alpha value is -2.96. The van der Waals surface area contributed by atoms with Gasteiger partial charge in [-0.15, -0.1) is 11.3 Å². The quantitative estimate of drug-likeness (QED) is 0.608. The topological polar surface area (TPSA) is 75.4 Å². The Kier molecular flexibility index (Phi) is 6.26. The summed E-state index contributed by atoms with van der Waals surface area (Å²) in [4.78, 5) is 28.1. The molecule has 2 heterocycles. The average molecular weight is 420 g/mol. The van der Waals surface area contributed by atoms with E-state index in [2.05, 4.69) is 22.3 Å². The lowest BCUT2D eigenvalue weighted by Gasteiger charge is -2.27. The zero-order chi connectivity index (χ0) is 20.9. The van der Waals surface area contributed by atoms with Crippen LogP contribution in [0.25, 0.3) is 0 Å². The fraction of sp³-hybridized carbons (Fsp3) is 0.250. The van der Waals surface area contributed by atoms with Crippen LogP contribution in [0.1, 0.15) is 38.3 Å². The molecule has 6 heteroatoms. The van der Waals surface area contributed by atoms with Gasteiger partial charge >= 0.3 is 0 Å². The Balaban J connectivity index is 1.45. The fourth-order valence-corrected chi connectivity index (χ4v) is 5.18. The predicted octanol–water partition coefficient (Wildman–Crippen LogP) is 3.98. The van der Waals surface area contributed by atoms with Gasteiger partial charge in [0.1, 0.15) is 5.00 Å². The van der Waals surface area contributed by atoms with Crippen molar-refractivity contribution in [1.82, 2.24) is 4.90 Å². The van der Waals surface area contributed by atoms with Gasteiger partial charge < -0.3 is 11.1 Å². The molecule has 2 amide bonds. The van der Waals surface area contributed by atoms with Crippen molar-refractivity contribution in [2.45, 2.75) is 32.4 Å². The SMILES string of the molecule is NC(=O)c1c(NC(=O)CCc2ccccc2)sc2c1CCN(Cc1ccccc1)C2. The maximum atomic E-state index is 12.5. The van der Waals surface area contributed by atoms with Gasteiger partial charge in [0.2, 0.25) is 5.91 Å². The molecule has 0 unspecified atom stereocenters. The molecule has 1 aromatic heterocycles. The monoisotopic (exact) mass is 419 g/mol. The van der Waals surface area contributed by atoms with Crippen LogP contribution in [0.5, 0.6) is 0 Å². The molecular weight excluding hydrogens is 394 g/mol. The molecule has 154 valence electrons. The van der Waals surface area contributed by atoms with Gasteiger partial charge in [0.05, 0.1) is 5.56 Å². The maximum Gasteiger partial charge on any atom is 0.251 e. The van der Waals surface area contributed by atoms with Crippen LogP contribution in [0.3, 0.4) is 0 Å². The van der Waals surface area contributed by atoms with E-state index in [0.717, 1.165) is 42.1 Å². The highest BCUT2D eigenvalue weighted by Crippen LogP contribution is 2.37. The normalized spacial score (nSPS) is 13.6. The second-order valence-corrected chi connectivity index (χ2v) is 8.66. The standard InChI is InChI=1S/C24H25N3O2S/c25-23(29)22-19-13-14-27(15-18-9-5-2-6-10-18)16-20(19)30-24(22)26-21(28)12-11-17-7-3-1-4-8-17/h1-10H,11-16H2,(H2,25,29)(H,26,28). The molecule has 2 aromatic carbocycles. The molecule has 3 N–H and O–H groups in total. The van der Waals surface area contributed by atoms with Crippen LogP contribution in [0, 0.1) is 0 Å². The van der Waals surface area contributed by atoms with Crippen LogP contribution in [0.2, 0.25) is 0 Å². The van der Waals surface area contributed by atoms with Gasteiger partial charge in [-0.05, 0) is 29.5 Å². The van der Waals surface area contributed by atoms with Gasteiger partial charge in [-0.3, -0.25) is 14.5 Å². The van der Waals surface area contributed by atoms with Crippen LogP contribution in [-0.4, -0.2) is 23.3 Å². The Morgan fingerprint density at radius 1 is 1.00 bits per heavy atom. The minimum Gasteiger partial charge on any atom is -0.365 e. The van der Waals surface area contributed by atoms with Crippen molar-refractivity contribution in [3.63, 3.8) is 0 Å². The lowest BCUT2D eigenvalue weighted by atomic mass is 10.0. The largest absolute Gasteiger partial charge is 0.365 e. The highest BCUT2D eigenvalue weighted by molar-refractivity contribution is 7.17. The number of benzene rings is 2. The summed E-state index contributed by atoms with van der Waals surface area (Å²) >= 11 is 1.48. The number of hydrogen-bond acceptors (Lipinski definition) is 4. The second-order valence-electron chi connectivity index (χ2n) is 7.55. The molecule has 0 bridgehead atoms. The van der Waals surface area contributed by atoms with Crippen molar-refractivity contribution in [2.75, 3.05) is 11.9 Å². The minimum absolute atomic E-state index is 0.0962. The van der Waals surface area contributed by atoms with E-state index in [4.69, 9.17) is 5.73 Å². The van der Waals surface area contributed by atoms with Gasteiger partial charge in [0.15, 0.2) is 0 Å². The number of primary amides is 1. The molecule has 0 saturated heterocycles. The summed E-state index contributed by atoms with van der Waals surface area (Å²) in [5.41, 5.74) is 9.55. The van der Waals surface area contributed by atoms with Crippen molar-refractivity contribution in [3.05, 3.63) is 87.8 Å². The summed E-state index contributed by atoms with van der Waals surface area (Å²) in [5.74, 6) is -0.566. The predicted molar refractivity (Wildman–Crippen MR) is 120 cm³/mol. The minimum atomic E-state index is -0.470. The van der Waals surface area contributed by atoms with Crippen molar-refractivity contribution in [1.29, 1.82) is 0 Å². The number of thiophene rings is 1. The molecule has 4 rings (SSSR count). The van der Waals surface area contributed by atoms with E-state index >= 15 is 0 Å². The van der Waals surface area contributed by atoms with Crippen LogP contribution in [-0.2, 0) is 30.7 Å². The molecule has 0 radical (unpaired) electrons. The number of nitrogens with zero attached hydrogens (tertiary/aromatic N) is 1. The maximum absolute atomic E-state index is 12.5. The average Bonchev–Trinajstić information content (AvgIpc) is 3.11. The third kappa shape index (κ3) is 4.78. The van der Waals surface area contributed by atoms with Crippen LogP contribution in [0.4, 0.5) is 5.00 Å². The van der Waals surface area contributed by atoms with Gasteiger partial charge in [0, 0.05) is 30.9 Å². The van der Waals surface area contributed by atoms with E-state index < -0.39 is 5.91 Å². The smallest absolute Gasteiger partial charge is 0.251 e. The molecule has 0 atom stereocenters. The lowest BCUT2D eigenvalue weighted by Crippen LogP contribution is -2.30. The highest BCUT2D eigenvalue weighted by atomic mass is 32.1. The first-order valence-corrected chi connectivity index (χ1v) is 11.0. The third-order valence-corrected chi connectivity index (χ3v) is 6.50. The molecule has 1 aliphatic rings. The number of carbonyl (C=O) groups excluding carboxylic acids is 2. The Bertz CT molecular complexity index is 1030. The molecule has 30 heavy (non-hydrogen) atoms. The molecule has 0 spiro atoms. The zero-order valence-corrected chi connectivity index (χ0v) is 17.6. The molecule has 0 aliphatic carbocycles. The number of anilines is 1. The molecule has 0 fully saturated rings. The summed E-state index contributed by atoms with van der Waals surface area (Å²) in [6.45, 7) is 2.48. The summed E-state index contributed by atoms with van der Waals surface area (Å²) in [7, 11) is 0. The first-order chi connectivity index (χ1) is 14.6. The summed E-state index contributed by atoms with van der Waals surface area (Å²) in [5, 5.41) is 3.53. The van der Waals surface area contributed by atoms with Gasteiger partial charge in [-0.25, -0.2) is 0 Å².